The first kappa shape index (κ1) is 16.6. The monoisotopic (exact) mass is 318 g/mol. The zero-order valence-electron chi connectivity index (χ0n) is 11.3. The van der Waals surface area contributed by atoms with Crippen molar-refractivity contribution < 1.29 is 14.3 Å². The topological polar surface area (TPSA) is 59.9 Å². The van der Waals surface area contributed by atoms with E-state index in [1.165, 1.54) is 0 Å². The van der Waals surface area contributed by atoms with Gasteiger partial charge in [-0.2, -0.15) is 0 Å². The van der Waals surface area contributed by atoms with E-state index in [9.17, 15) is 4.79 Å². The summed E-state index contributed by atoms with van der Waals surface area (Å²) in [7, 11) is 0. The summed E-state index contributed by atoms with van der Waals surface area (Å²) in [5.41, 5.74) is 3.13. The number of benzene rings is 1. The van der Waals surface area contributed by atoms with E-state index < -0.39 is 6.09 Å². The predicted molar refractivity (Wildman–Crippen MR) is 79.4 cm³/mol. The highest BCUT2D eigenvalue weighted by atomic mass is 35.5. The largest absolute Gasteiger partial charge is 0.480 e. The molecule has 0 fully saturated rings. The quantitative estimate of drug-likeness (QED) is 0.512. The third-order valence-corrected chi connectivity index (χ3v) is 2.94. The van der Waals surface area contributed by atoms with E-state index in [0.717, 1.165) is 5.56 Å². The molecule has 1 rings (SSSR count). The molecule has 1 amide bonds. The number of nitrogens with one attached hydrogen (secondary N) is 1. The molecule has 0 saturated carbocycles. The second-order valence-electron chi connectivity index (χ2n) is 3.70. The van der Waals surface area contributed by atoms with Crippen LogP contribution in [-0.2, 0) is 15.9 Å². The van der Waals surface area contributed by atoms with E-state index in [2.05, 4.69) is 10.5 Å². The van der Waals surface area contributed by atoms with Gasteiger partial charge in [-0.1, -0.05) is 29.3 Å². The molecule has 0 aliphatic carbocycles. The Hall–Kier alpha value is -1.46. The summed E-state index contributed by atoms with van der Waals surface area (Å²) in [5, 5.41) is 4.81. The summed E-state index contributed by atoms with van der Waals surface area (Å²) in [6, 6.07) is 5.23. The minimum atomic E-state index is -0.626. The third-order valence-electron chi connectivity index (χ3n) is 2.20. The third kappa shape index (κ3) is 5.67. The lowest BCUT2D eigenvalue weighted by Crippen LogP contribution is -2.22. The average Bonchev–Trinajstić information content (AvgIpc) is 2.41. The van der Waals surface area contributed by atoms with Gasteiger partial charge in [-0.25, -0.2) is 10.2 Å². The van der Waals surface area contributed by atoms with E-state index >= 15 is 0 Å². The lowest BCUT2D eigenvalue weighted by atomic mass is 10.1. The van der Waals surface area contributed by atoms with Gasteiger partial charge in [-0.3, -0.25) is 0 Å². The van der Waals surface area contributed by atoms with Crippen LogP contribution in [0.2, 0.25) is 10.0 Å². The summed E-state index contributed by atoms with van der Waals surface area (Å²) < 4.78 is 10.1. The Labute approximate surface area is 127 Å². The van der Waals surface area contributed by atoms with Crippen molar-refractivity contribution in [2.24, 2.45) is 5.10 Å². The van der Waals surface area contributed by atoms with Gasteiger partial charge in [0.25, 0.3) is 0 Å². The SMILES string of the molecule is CCOC(=O)NN=C(Cc1ccc(Cl)c(Cl)c1)OCC. The zero-order valence-corrected chi connectivity index (χ0v) is 12.8. The van der Waals surface area contributed by atoms with Crippen LogP contribution in [0.5, 0.6) is 0 Å². The van der Waals surface area contributed by atoms with E-state index in [1.807, 2.05) is 13.0 Å². The van der Waals surface area contributed by atoms with Crippen molar-refractivity contribution in [3.05, 3.63) is 33.8 Å². The molecule has 1 aromatic carbocycles. The molecule has 110 valence electrons. The fourth-order valence-corrected chi connectivity index (χ4v) is 1.71. The van der Waals surface area contributed by atoms with Gasteiger partial charge < -0.3 is 9.47 Å². The van der Waals surface area contributed by atoms with E-state index in [0.29, 0.717) is 29.0 Å². The molecule has 0 unspecified atom stereocenters. The minimum Gasteiger partial charge on any atom is -0.480 e. The predicted octanol–water partition coefficient (Wildman–Crippen LogP) is 3.63. The number of hydrogen-bond donors (Lipinski definition) is 1. The van der Waals surface area contributed by atoms with Crippen LogP contribution in [0.15, 0.2) is 23.3 Å². The molecule has 0 aromatic heterocycles. The Morgan fingerprint density at radius 2 is 1.90 bits per heavy atom. The molecule has 0 atom stereocenters. The first-order valence-corrected chi connectivity index (χ1v) is 6.88. The number of hydrogen-bond acceptors (Lipinski definition) is 4. The van der Waals surface area contributed by atoms with Gasteiger partial charge in [0, 0.05) is 0 Å². The molecular weight excluding hydrogens is 303 g/mol. The number of halogens is 2. The van der Waals surface area contributed by atoms with Crippen LogP contribution < -0.4 is 5.43 Å². The van der Waals surface area contributed by atoms with E-state index in [1.54, 1.807) is 19.1 Å². The summed E-state index contributed by atoms with van der Waals surface area (Å²) >= 11 is 11.8. The van der Waals surface area contributed by atoms with Crippen LogP contribution in [0.4, 0.5) is 4.79 Å². The van der Waals surface area contributed by atoms with Crippen LogP contribution in [0, 0.1) is 0 Å². The molecule has 0 aliphatic heterocycles. The zero-order chi connectivity index (χ0) is 15.0. The van der Waals surface area contributed by atoms with Crippen molar-refractivity contribution in [2.75, 3.05) is 13.2 Å². The number of rotatable bonds is 5. The second-order valence-corrected chi connectivity index (χ2v) is 4.51. The first-order chi connectivity index (χ1) is 9.56. The molecule has 20 heavy (non-hydrogen) atoms. The standard InChI is InChI=1S/C13H16Cl2N2O3/c1-3-19-12(16-17-13(18)20-4-2)8-9-5-6-10(14)11(15)7-9/h5-7H,3-4,8H2,1-2H3,(H,17,18). The highest BCUT2D eigenvalue weighted by molar-refractivity contribution is 6.42. The van der Waals surface area contributed by atoms with Crippen LogP contribution in [0.1, 0.15) is 19.4 Å². The van der Waals surface area contributed by atoms with Gasteiger partial charge in [0.2, 0.25) is 5.90 Å². The van der Waals surface area contributed by atoms with Gasteiger partial charge in [0.05, 0.1) is 29.7 Å². The highest BCUT2D eigenvalue weighted by Gasteiger charge is 2.07. The molecule has 0 aliphatic rings. The van der Waals surface area contributed by atoms with E-state index in [4.69, 9.17) is 32.7 Å². The van der Waals surface area contributed by atoms with Crippen LogP contribution in [0.25, 0.3) is 0 Å². The summed E-state index contributed by atoms with van der Waals surface area (Å²) in [5.74, 6) is 0.360. The summed E-state index contributed by atoms with van der Waals surface area (Å²) in [4.78, 5) is 11.2. The molecule has 5 nitrogen and oxygen atoms in total. The molecule has 0 saturated heterocycles. The van der Waals surface area contributed by atoms with Gasteiger partial charge in [0.15, 0.2) is 0 Å². The Bertz CT molecular complexity index is 493. The highest BCUT2D eigenvalue weighted by Crippen LogP contribution is 2.22. The maximum Gasteiger partial charge on any atom is 0.427 e. The minimum absolute atomic E-state index is 0.276. The lowest BCUT2D eigenvalue weighted by molar-refractivity contribution is 0.152. The van der Waals surface area contributed by atoms with Gasteiger partial charge >= 0.3 is 6.09 Å². The molecule has 0 spiro atoms. The van der Waals surface area contributed by atoms with Crippen LogP contribution in [-0.4, -0.2) is 25.2 Å². The number of carbonyl (C=O) groups is 1. The molecule has 0 bridgehead atoms. The number of ether oxygens (including phenoxy) is 2. The Morgan fingerprint density at radius 3 is 2.50 bits per heavy atom. The number of nitrogens with zero attached hydrogens (tertiary/aromatic N) is 1. The second kappa shape index (κ2) is 8.66. The van der Waals surface area contributed by atoms with Crippen molar-refractivity contribution in [3.8, 4) is 0 Å². The molecule has 1 N–H and O–H groups in total. The molecule has 0 radical (unpaired) electrons. The Balaban J connectivity index is 2.72. The van der Waals surface area contributed by atoms with Crippen LogP contribution in [0.3, 0.4) is 0 Å². The molecule has 7 heteroatoms. The average molecular weight is 319 g/mol. The fourth-order valence-electron chi connectivity index (χ4n) is 1.39. The van der Waals surface area contributed by atoms with Gasteiger partial charge in [-0.05, 0) is 31.5 Å². The van der Waals surface area contributed by atoms with Gasteiger partial charge in [0.1, 0.15) is 0 Å². The number of hydrazone groups is 1. The number of carbonyl (C=O) groups excluding carboxylic acids is 1. The number of amides is 1. The van der Waals surface area contributed by atoms with Crippen molar-refractivity contribution in [1.82, 2.24) is 5.43 Å². The summed E-state index contributed by atoms with van der Waals surface area (Å²) in [6.07, 6.45) is -0.240. The molecular formula is C13H16Cl2N2O3. The molecule has 0 heterocycles. The Kier molecular flexibility index (Phi) is 7.18. The maximum absolute atomic E-state index is 11.2. The molecule has 1 aromatic rings. The van der Waals surface area contributed by atoms with Crippen molar-refractivity contribution in [3.63, 3.8) is 0 Å². The van der Waals surface area contributed by atoms with Gasteiger partial charge in [-0.15, -0.1) is 5.10 Å². The smallest absolute Gasteiger partial charge is 0.427 e. The lowest BCUT2D eigenvalue weighted by Gasteiger charge is -2.08. The fraction of sp³-hybridized carbons (Fsp3) is 0.385. The summed E-state index contributed by atoms with van der Waals surface area (Å²) in [6.45, 7) is 4.25. The van der Waals surface area contributed by atoms with E-state index in [-0.39, 0.29) is 6.61 Å². The first-order valence-electron chi connectivity index (χ1n) is 6.12. The van der Waals surface area contributed by atoms with Crippen molar-refractivity contribution >= 4 is 35.2 Å². The van der Waals surface area contributed by atoms with Crippen molar-refractivity contribution in [1.29, 1.82) is 0 Å². The Morgan fingerprint density at radius 1 is 1.20 bits per heavy atom. The maximum atomic E-state index is 11.2. The van der Waals surface area contributed by atoms with Crippen molar-refractivity contribution in [2.45, 2.75) is 20.3 Å². The van der Waals surface area contributed by atoms with Crippen LogP contribution >= 0.6 is 23.2 Å². The normalized spacial score (nSPS) is 11.1.